The molecule has 2 N–H and O–H groups in total. The van der Waals surface area contributed by atoms with Gasteiger partial charge < -0.3 is 24.3 Å². The molecule has 0 aliphatic heterocycles. The summed E-state index contributed by atoms with van der Waals surface area (Å²) in [5.41, 5.74) is 1.08. The lowest BCUT2D eigenvalue weighted by atomic mass is 10.1. The number of anilines is 2. The molecular weight excluding hydrogens is 484 g/mol. The maximum Gasteiger partial charge on any atom is 0.268 e. The maximum atomic E-state index is 12.4. The molecule has 10 nitrogen and oxygen atoms in total. The molecular formula is C25H24N4O6S. The molecule has 0 saturated heterocycles. The number of hydrogen-bond acceptors (Lipinski definition) is 9. The smallest absolute Gasteiger partial charge is 0.268 e. The average Bonchev–Trinajstić information content (AvgIpc) is 3.38. The summed E-state index contributed by atoms with van der Waals surface area (Å²) in [5, 5.41) is 16.8. The Bertz CT molecular complexity index is 1240. The van der Waals surface area contributed by atoms with Crippen molar-refractivity contribution < 1.29 is 28.5 Å². The van der Waals surface area contributed by atoms with Gasteiger partial charge in [0.1, 0.15) is 30.6 Å². The average molecular weight is 509 g/mol. The molecule has 3 aromatic rings. The van der Waals surface area contributed by atoms with E-state index in [0.29, 0.717) is 39.4 Å². The second kappa shape index (κ2) is 12.8. The van der Waals surface area contributed by atoms with E-state index >= 15 is 0 Å². The standard InChI is InChI=1S/C25H24N4O6S/c1-16(30)28-19-4-6-20(7-5-19)34-9-10-35-23-21(32-2)13-17(14-22(23)33-3)12-18(15-26)24(31)29-25-27-8-11-36-25/h4-8,11-14H,9-10H2,1-3H3,(H,28,30)(H,27,29,31). The molecule has 0 radical (unpaired) electrons. The van der Waals surface area contributed by atoms with Crippen LogP contribution in [0.25, 0.3) is 6.08 Å². The van der Waals surface area contributed by atoms with E-state index in [1.165, 1.54) is 38.6 Å². The molecule has 11 heteroatoms. The molecule has 36 heavy (non-hydrogen) atoms. The zero-order chi connectivity index (χ0) is 25.9. The molecule has 0 unspecified atom stereocenters. The van der Waals surface area contributed by atoms with Crippen molar-refractivity contribution in [2.24, 2.45) is 0 Å². The summed E-state index contributed by atoms with van der Waals surface area (Å²) in [4.78, 5) is 27.5. The number of benzene rings is 2. The zero-order valence-corrected chi connectivity index (χ0v) is 20.7. The number of carbonyl (C=O) groups is 2. The van der Waals surface area contributed by atoms with Gasteiger partial charge in [0, 0.05) is 24.2 Å². The fourth-order valence-corrected chi connectivity index (χ4v) is 3.56. The minimum absolute atomic E-state index is 0.110. The number of thiazole rings is 1. The highest BCUT2D eigenvalue weighted by Crippen LogP contribution is 2.39. The van der Waals surface area contributed by atoms with Crippen LogP contribution in [0.5, 0.6) is 23.0 Å². The van der Waals surface area contributed by atoms with E-state index in [9.17, 15) is 14.9 Å². The van der Waals surface area contributed by atoms with Crippen molar-refractivity contribution in [3.05, 3.63) is 59.1 Å². The van der Waals surface area contributed by atoms with Gasteiger partial charge in [0.15, 0.2) is 16.6 Å². The summed E-state index contributed by atoms with van der Waals surface area (Å²) >= 11 is 1.25. The summed E-state index contributed by atoms with van der Waals surface area (Å²) in [6.45, 7) is 1.87. The SMILES string of the molecule is COc1cc(C=C(C#N)C(=O)Nc2nccs2)cc(OC)c1OCCOc1ccc(NC(C)=O)cc1. The largest absolute Gasteiger partial charge is 0.493 e. The molecule has 0 saturated carbocycles. The lowest BCUT2D eigenvalue weighted by molar-refractivity contribution is -0.114. The lowest BCUT2D eigenvalue weighted by Gasteiger charge is -2.16. The molecule has 1 heterocycles. The van der Waals surface area contributed by atoms with Crippen LogP contribution < -0.4 is 29.6 Å². The second-order valence-corrected chi connectivity index (χ2v) is 8.01. The molecule has 1 aromatic heterocycles. The highest BCUT2D eigenvalue weighted by molar-refractivity contribution is 7.13. The van der Waals surface area contributed by atoms with E-state index in [1.54, 1.807) is 48.0 Å². The van der Waals surface area contributed by atoms with Gasteiger partial charge in [-0.05, 0) is 48.0 Å². The van der Waals surface area contributed by atoms with Crippen LogP contribution in [0.15, 0.2) is 53.5 Å². The first-order valence-electron chi connectivity index (χ1n) is 10.7. The van der Waals surface area contributed by atoms with Crippen molar-refractivity contribution in [1.82, 2.24) is 4.98 Å². The van der Waals surface area contributed by atoms with Crippen LogP contribution in [0.2, 0.25) is 0 Å². The van der Waals surface area contributed by atoms with Crippen molar-refractivity contribution >= 4 is 40.0 Å². The molecule has 0 atom stereocenters. The number of nitrogens with one attached hydrogen (secondary N) is 2. The van der Waals surface area contributed by atoms with Crippen LogP contribution in [-0.4, -0.2) is 44.2 Å². The predicted octanol–water partition coefficient (Wildman–Crippen LogP) is 4.12. The summed E-state index contributed by atoms with van der Waals surface area (Å²) in [6, 6.07) is 12.1. The number of amides is 2. The topological polar surface area (TPSA) is 132 Å². The summed E-state index contributed by atoms with van der Waals surface area (Å²) in [5.74, 6) is 0.965. The fraction of sp³-hybridized carbons (Fsp3) is 0.200. The summed E-state index contributed by atoms with van der Waals surface area (Å²) in [7, 11) is 2.95. The number of rotatable bonds is 11. The van der Waals surface area contributed by atoms with E-state index in [-0.39, 0.29) is 24.7 Å². The van der Waals surface area contributed by atoms with Crippen molar-refractivity contribution in [2.75, 3.05) is 38.1 Å². The Balaban J connectivity index is 1.67. The molecule has 0 bridgehead atoms. The third-order valence-electron chi connectivity index (χ3n) is 4.58. The van der Waals surface area contributed by atoms with Gasteiger partial charge in [0.2, 0.25) is 11.7 Å². The number of nitriles is 1. The van der Waals surface area contributed by atoms with Crippen LogP contribution in [-0.2, 0) is 9.59 Å². The first kappa shape index (κ1) is 26.1. The Morgan fingerprint density at radius 2 is 1.72 bits per heavy atom. The Morgan fingerprint density at radius 1 is 1.06 bits per heavy atom. The van der Waals surface area contributed by atoms with E-state index in [2.05, 4.69) is 15.6 Å². The van der Waals surface area contributed by atoms with Crippen LogP contribution in [0, 0.1) is 11.3 Å². The van der Waals surface area contributed by atoms with Crippen LogP contribution in [0.3, 0.4) is 0 Å². The Morgan fingerprint density at radius 3 is 2.28 bits per heavy atom. The molecule has 3 rings (SSSR count). The zero-order valence-electron chi connectivity index (χ0n) is 19.9. The summed E-state index contributed by atoms with van der Waals surface area (Å²) < 4.78 is 22.4. The van der Waals surface area contributed by atoms with Crippen LogP contribution >= 0.6 is 11.3 Å². The first-order chi connectivity index (χ1) is 17.4. The Labute approximate surface area is 212 Å². The number of ether oxygens (including phenoxy) is 4. The highest BCUT2D eigenvalue weighted by Gasteiger charge is 2.16. The van der Waals surface area contributed by atoms with Gasteiger partial charge in [-0.15, -0.1) is 11.3 Å². The number of aromatic nitrogens is 1. The molecule has 2 amide bonds. The van der Waals surface area contributed by atoms with E-state index in [0.717, 1.165) is 0 Å². The van der Waals surface area contributed by atoms with Crippen LogP contribution in [0.1, 0.15) is 12.5 Å². The van der Waals surface area contributed by atoms with Gasteiger partial charge in [-0.2, -0.15) is 5.26 Å². The Kier molecular flexibility index (Phi) is 9.25. The van der Waals surface area contributed by atoms with Crippen molar-refractivity contribution in [3.8, 4) is 29.1 Å². The Hall–Kier alpha value is -4.56. The minimum atomic E-state index is -0.576. The van der Waals surface area contributed by atoms with Gasteiger partial charge in [-0.25, -0.2) is 4.98 Å². The van der Waals surface area contributed by atoms with E-state index < -0.39 is 5.91 Å². The maximum absolute atomic E-state index is 12.4. The number of methoxy groups -OCH3 is 2. The lowest BCUT2D eigenvalue weighted by Crippen LogP contribution is -2.13. The molecule has 2 aromatic carbocycles. The third kappa shape index (κ3) is 7.22. The van der Waals surface area contributed by atoms with Gasteiger partial charge in [0.25, 0.3) is 5.91 Å². The molecule has 0 fully saturated rings. The summed E-state index contributed by atoms with van der Waals surface area (Å²) in [6.07, 6.45) is 2.98. The fourth-order valence-electron chi connectivity index (χ4n) is 3.03. The number of carbonyl (C=O) groups excluding carboxylic acids is 2. The minimum Gasteiger partial charge on any atom is -0.493 e. The number of hydrogen-bond donors (Lipinski definition) is 2. The molecule has 0 aliphatic carbocycles. The molecule has 0 aliphatic rings. The second-order valence-electron chi connectivity index (χ2n) is 7.12. The quantitative estimate of drug-likeness (QED) is 0.225. The monoisotopic (exact) mass is 508 g/mol. The highest BCUT2D eigenvalue weighted by atomic mass is 32.1. The van der Waals surface area contributed by atoms with Crippen molar-refractivity contribution in [2.45, 2.75) is 6.92 Å². The van der Waals surface area contributed by atoms with Crippen molar-refractivity contribution in [1.29, 1.82) is 5.26 Å². The van der Waals surface area contributed by atoms with Gasteiger partial charge in [-0.3, -0.25) is 14.9 Å². The van der Waals surface area contributed by atoms with Crippen LogP contribution in [0.4, 0.5) is 10.8 Å². The van der Waals surface area contributed by atoms with Gasteiger partial charge in [-0.1, -0.05) is 0 Å². The van der Waals surface area contributed by atoms with Gasteiger partial charge >= 0.3 is 0 Å². The predicted molar refractivity (Wildman–Crippen MR) is 136 cm³/mol. The third-order valence-corrected chi connectivity index (χ3v) is 5.27. The van der Waals surface area contributed by atoms with Gasteiger partial charge in [0.05, 0.1) is 14.2 Å². The molecule has 0 spiro atoms. The van der Waals surface area contributed by atoms with E-state index in [1.807, 2.05) is 6.07 Å². The number of nitrogens with zero attached hydrogens (tertiary/aromatic N) is 2. The van der Waals surface area contributed by atoms with E-state index in [4.69, 9.17) is 18.9 Å². The first-order valence-corrected chi connectivity index (χ1v) is 11.5. The molecule has 186 valence electrons. The normalized spacial score (nSPS) is 10.7. The van der Waals surface area contributed by atoms with Crippen molar-refractivity contribution in [3.63, 3.8) is 0 Å².